The molecule has 0 saturated heterocycles. The molecule has 0 aliphatic carbocycles. The van der Waals surface area contributed by atoms with Crippen LogP contribution in [0.4, 0.5) is 4.79 Å². The molecule has 0 aromatic heterocycles. The number of ketones is 1. The van der Waals surface area contributed by atoms with Crippen LogP contribution in [0.25, 0.3) is 0 Å². The van der Waals surface area contributed by atoms with Crippen molar-refractivity contribution in [1.29, 1.82) is 0 Å². The van der Waals surface area contributed by atoms with Gasteiger partial charge in [-0.15, -0.1) is 0 Å². The molecular formula is C17H22O7. The second kappa shape index (κ2) is 8.44. The zero-order valence-electron chi connectivity index (χ0n) is 14.1. The van der Waals surface area contributed by atoms with E-state index >= 15 is 0 Å². The van der Waals surface area contributed by atoms with Gasteiger partial charge >= 0.3 is 12.1 Å². The Labute approximate surface area is 140 Å². The Kier molecular flexibility index (Phi) is 6.91. The maximum absolute atomic E-state index is 12.1. The number of aliphatic hydroxyl groups is 1. The lowest BCUT2D eigenvalue weighted by molar-refractivity contribution is -0.165. The second-order valence-corrected chi connectivity index (χ2v) is 6.08. The quantitative estimate of drug-likeness (QED) is 0.794. The molecule has 0 radical (unpaired) electrons. The summed E-state index contributed by atoms with van der Waals surface area (Å²) in [6.07, 6.45) is -3.55. The van der Waals surface area contributed by atoms with Gasteiger partial charge in [0.1, 0.15) is 12.2 Å². The number of Topliss-reactive ketones (excluding diaryl/α,β-unsaturated/α-hetero) is 1. The van der Waals surface area contributed by atoms with Crippen molar-refractivity contribution < 1.29 is 33.7 Å². The van der Waals surface area contributed by atoms with Crippen LogP contribution in [0.15, 0.2) is 30.3 Å². The molecule has 0 saturated carbocycles. The Hall–Kier alpha value is -2.41. The minimum Gasteiger partial charge on any atom is -0.447 e. The van der Waals surface area contributed by atoms with Crippen molar-refractivity contribution in [3.63, 3.8) is 0 Å². The summed E-state index contributed by atoms with van der Waals surface area (Å²) in [6.45, 7) is 5.49. The molecule has 24 heavy (non-hydrogen) atoms. The van der Waals surface area contributed by atoms with Crippen molar-refractivity contribution >= 4 is 17.9 Å². The van der Waals surface area contributed by atoms with Gasteiger partial charge < -0.3 is 19.3 Å². The minimum atomic E-state index is -1.27. The standard InChI is InChI=1S/C17H22O7/c1-11(22-16(21)24-17(2,3)4)15(20)23-14(13(19)10-18)12-8-6-5-7-9-12/h5-9,11,14,18H,10H2,1-4H3/t11-,14-/m0/s1. The highest BCUT2D eigenvalue weighted by molar-refractivity contribution is 5.88. The number of carbonyl (C=O) groups excluding carboxylic acids is 3. The van der Waals surface area contributed by atoms with Gasteiger partial charge in [-0.2, -0.15) is 0 Å². The Morgan fingerprint density at radius 3 is 2.17 bits per heavy atom. The first kappa shape index (κ1) is 19.6. The monoisotopic (exact) mass is 338 g/mol. The van der Waals surface area contributed by atoms with Gasteiger partial charge in [0.25, 0.3) is 0 Å². The molecule has 0 amide bonds. The minimum absolute atomic E-state index is 0.411. The molecule has 1 aromatic carbocycles. The lowest BCUT2D eigenvalue weighted by Gasteiger charge is -2.22. The van der Waals surface area contributed by atoms with E-state index in [9.17, 15) is 14.4 Å². The average Bonchev–Trinajstić information content (AvgIpc) is 2.50. The third-order valence-corrected chi connectivity index (χ3v) is 2.78. The molecule has 1 rings (SSSR count). The zero-order valence-corrected chi connectivity index (χ0v) is 14.1. The first-order valence-electron chi connectivity index (χ1n) is 7.42. The maximum atomic E-state index is 12.1. The Bertz CT molecular complexity index is 574. The van der Waals surface area contributed by atoms with Crippen molar-refractivity contribution in [3.8, 4) is 0 Å². The molecule has 0 heterocycles. The fourth-order valence-electron chi connectivity index (χ4n) is 1.71. The summed E-state index contributed by atoms with van der Waals surface area (Å²) >= 11 is 0. The number of aliphatic hydroxyl groups excluding tert-OH is 1. The van der Waals surface area contributed by atoms with Crippen LogP contribution in [0.2, 0.25) is 0 Å². The summed E-state index contributed by atoms with van der Waals surface area (Å²) in [6, 6.07) is 8.25. The van der Waals surface area contributed by atoms with E-state index in [4.69, 9.17) is 19.3 Å². The molecule has 0 bridgehead atoms. The molecule has 1 N–H and O–H groups in total. The SMILES string of the molecule is C[C@H](OC(=O)OC(C)(C)C)C(=O)O[C@H](C(=O)CO)c1ccccc1. The highest BCUT2D eigenvalue weighted by Gasteiger charge is 2.29. The lowest BCUT2D eigenvalue weighted by Crippen LogP contribution is -2.33. The fraction of sp³-hybridized carbons (Fsp3) is 0.471. The van der Waals surface area contributed by atoms with Crippen LogP contribution >= 0.6 is 0 Å². The van der Waals surface area contributed by atoms with Gasteiger partial charge in [-0.3, -0.25) is 4.79 Å². The van der Waals surface area contributed by atoms with E-state index in [1.54, 1.807) is 51.1 Å². The van der Waals surface area contributed by atoms with E-state index in [2.05, 4.69) is 0 Å². The number of esters is 1. The maximum Gasteiger partial charge on any atom is 0.509 e. The fourth-order valence-corrected chi connectivity index (χ4v) is 1.71. The molecule has 1 aromatic rings. The van der Waals surface area contributed by atoms with Crippen molar-refractivity contribution in [2.24, 2.45) is 0 Å². The molecule has 0 spiro atoms. The molecular weight excluding hydrogens is 316 g/mol. The summed E-state index contributed by atoms with van der Waals surface area (Å²) in [5.74, 6) is -1.60. The van der Waals surface area contributed by atoms with E-state index in [1.807, 2.05) is 0 Å². The first-order valence-corrected chi connectivity index (χ1v) is 7.42. The largest absolute Gasteiger partial charge is 0.509 e. The second-order valence-electron chi connectivity index (χ2n) is 6.08. The van der Waals surface area contributed by atoms with Gasteiger partial charge in [-0.25, -0.2) is 9.59 Å². The van der Waals surface area contributed by atoms with Crippen LogP contribution in [-0.2, 0) is 23.8 Å². The van der Waals surface area contributed by atoms with Gasteiger partial charge in [0.05, 0.1) is 0 Å². The van der Waals surface area contributed by atoms with Crippen molar-refractivity contribution in [2.45, 2.75) is 45.5 Å². The lowest BCUT2D eigenvalue weighted by atomic mass is 10.1. The summed E-state index contributed by atoms with van der Waals surface area (Å²) < 4.78 is 14.9. The van der Waals surface area contributed by atoms with Gasteiger partial charge in [0, 0.05) is 5.56 Å². The summed E-state index contributed by atoms with van der Waals surface area (Å²) in [5.41, 5.74) is -0.352. The van der Waals surface area contributed by atoms with E-state index in [0.717, 1.165) is 0 Å². The van der Waals surface area contributed by atoms with Crippen LogP contribution in [-0.4, -0.2) is 41.3 Å². The van der Waals surface area contributed by atoms with Crippen LogP contribution < -0.4 is 0 Å². The number of hydrogen-bond donors (Lipinski definition) is 1. The van der Waals surface area contributed by atoms with Crippen LogP contribution in [0.5, 0.6) is 0 Å². The highest BCUT2D eigenvalue weighted by Crippen LogP contribution is 2.20. The predicted molar refractivity (Wildman–Crippen MR) is 84.1 cm³/mol. The van der Waals surface area contributed by atoms with Gasteiger partial charge in [-0.05, 0) is 27.7 Å². The van der Waals surface area contributed by atoms with E-state index in [0.29, 0.717) is 5.56 Å². The van der Waals surface area contributed by atoms with Gasteiger partial charge in [0.2, 0.25) is 5.78 Å². The van der Waals surface area contributed by atoms with Crippen molar-refractivity contribution in [1.82, 2.24) is 0 Å². The molecule has 2 atom stereocenters. The topological polar surface area (TPSA) is 99.1 Å². The molecule has 7 heteroatoms. The molecule has 0 unspecified atom stereocenters. The van der Waals surface area contributed by atoms with Crippen LogP contribution in [0.1, 0.15) is 39.4 Å². The Morgan fingerprint density at radius 1 is 1.08 bits per heavy atom. The third-order valence-electron chi connectivity index (χ3n) is 2.78. The summed E-state index contributed by atoms with van der Waals surface area (Å²) in [5, 5.41) is 9.04. The normalized spacial score (nSPS) is 13.5. The average molecular weight is 338 g/mol. The highest BCUT2D eigenvalue weighted by atomic mass is 16.7. The van der Waals surface area contributed by atoms with Crippen molar-refractivity contribution in [2.75, 3.05) is 6.61 Å². The number of hydrogen-bond acceptors (Lipinski definition) is 7. The molecule has 0 aliphatic rings. The predicted octanol–water partition coefficient (Wildman–Crippen LogP) is 2.17. The first-order chi connectivity index (χ1) is 11.1. The van der Waals surface area contributed by atoms with Crippen molar-refractivity contribution in [3.05, 3.63) is 35.9 Å². The number of ether oxygens (including phenoxy) is 3. The summed E-state index contributed by atoms with van der Waals surface area (Å²) in [4.78, 5) is 35.4. The molecule has 0 fully saturated rings. The van der Waals surface area contributed by atoms with Gasteiger partial charge in [0.15, 0.2) is 12.2 Å². The zero-order chi connectivity index (χ0) is 18.3. The van der Waals surface area contributed by atoms with E-state index in [-0.39, 0.29) is 0 Å². The van der Waals surface area contributed by atoms with Crippen LogP contribution in [0, 0.1) is 0 Å². The smallest absolute Gasteiger partial charge is 0.447 e. The Morgan fingerprint density at radius 2 is 1.67 bits per heavy atom. The molecule has 0 aliphatic heterocycles. The van der Waals surface area contributed by atoms with Crippen LogP contribution in [0.3, 0.4) is 0 Å². The van der Waals surface area contributed by atoms with E-state index < -0.39 is 42.3 Å². The number of benzene rings is 1. The third kappa shape index (κ3) is 6.37. The van der Waals surface area contributed by atoms with Gasteiger partial charge in [-0.1, -0.05) is 30.3 Å². The summed E-state index contributed by atoms with van der Waals surface area (Å²) in [7, 11) is 0. The Balaban J connectivity index is 2.74. The van der Waals surface area contributed by atoms with E-state index in [1.165, 1.54) is 6.92 Å². The number of carbonyl (C=O) groups is 3. The molecule has 132 valence electrons. The molecule has 7 nitrogen and oxygen atoms in total. The number of rotatable bonds is 6.